The average Bonchev–Trinajstić information content (AvgIpc) is 2.41. The van der Waals surface area contributed by atoms with Crippen LogP contribution in [0.2, 0.25) is 0 Å². The van der Waals surface area contributed by atoms with E-state index < -0.39 is 0 Å². The molecule has 0 radical (unpaired) electrons. The molecule has 0 aromatic heterocycles. The number of nitrogens with one attached hydrogen (secondary N) is 1. The maximum Gasteiger partial charge on any atom is 0.101 e. The zero-order chi connectivity index (χ0) is 13.8. The quantitative estimate of drug-likeness (QED) is 0.854. The van der Waals surface area contributed by atoms with Gasteiger partial charge in [0.2, 0.25) is 0 Å². The molecular weight excluding hydrogens is 232 g/mol. The number of hydrogen-bond acceptors (Lipinski definition) is 2. The molecule has 19 heavy (non-hydrogen) atoms. The van der Waals surface area contributed by atoms with Gasteiger partial charge in [-0.2, -0.15) is 5.26 Å². The maximum atomic E-state index is 9.15. The average molecular weight is 250 g/mol. The summed E-state index contributed by atoms with van der Waals surface area (Å²) < 4.78 is 0. The molecule has 2 rings (SSSR count). The molecule has 2 aromatic rings. The molecule has 2 aromatic carbocycles. The first-order valence-electron chi connectivity index (χ1n) is 6.48. The van der Waals surface area contributed by atoms with Crippen molar-refractivity contribution in [2.75, 3.05) is 5.32 Å². The number of hydrogen-bond donors (Lipinski definition) is 1. The van der Waals surface area contributed by atoms with E-state index in [9.17, 15) is 0 Å². The third-order valence-corrected chi connectivity index (χ3v) is 3.24. The Morgan fingerprint density at radius 2 is 1.74 bits per heavy atom. The number of para-hydroxylation sites is 1. The topological polar surface area (TPSA) is 35.8 Å². The van der Waals surface area contributed by atoms with Crippen LogP contribution in [-0.4, -0.2) is 0 Å². The SMILES string of the molecule is Cc1cccc(C#N)c1Nc1ccc(C(C)C)cc1. The van der Waals surface area contributed by atoms with Gasteiger partial charge >= 0.3 is 0 Å². The Kier molecular flexibility index (Phi) is 3.87. The van der Waals surface area contributed by atoms with Crippen molar-refractivity contribution >= 4 is 11.4 Å². The van der Waals surface area contributed by atoms with Crippen LogP contribution in [-0.2, 0) is 0 Å². The molecule has 1 N–H and O–H groups in total. The number of benzene rings is 2. The summed E-state index contributed by atoms with van der Waals surface area (Å²) in [7, 11) is 0. The molecule has 2 heteroatoms. The van der Waals surface area contributed by atoms with E-state index in [2.05, 4.69) is 49.5 Å². The van der Waals surface area contributed by atoms with E-state index in [0.29, 0.717) is 11.5 Å². The van der Waals surface area contributed by atoms with E-state index >= 15 is 0 Å². The molecule has 2 nitrogen and oxygen atoms in total. The number of anilines is 2. The summed E-state index contributed by atoms with van der Waals surface area (Å²) in [5, 5.41) is 12.5. The van der Waals surface area contributed by atoms with Gasteiger partial charge in [0.05, 0.1) is 11.3 Å². The van der Waals surface area contributed by atoms with Crippen molar-refractivity contribution in [3.05, 3.63) is 59.2 Å². The number of nitriles is 1. The molecule has 0 aliphatic carbocycles. The van der Waals surface area contributed by atoms with Crippen molar-refractivity contribution in [3.63, 3.8) is 0 Å². The number of nitrogens with zero attached hydrogens (tertiary/aromatic N) is 1. The molecule has 0 saturated heterocycles. The standard InChI is InChI=1S/C17H18N2/c1-12(2)14-7-9-16(10-8-14)19-17-13(3)5-4-6-15(17)11-18/h4-10,12,19H,1-3H3. The number of rotatable bonds is 3. The van der Waals surface area contributed by atoms with Crippen LogP contribution in [0.25, 0.3) is 0 Å². The van der Waals surface area contributed by atoms with E-state index in [1.807, 2.05) is 25.1 Å². The summed E-state index contributed by atoms with van der Waals surface area (Å²) in [6, 6.07) is 16.3. The first-order valence-corrected chi connectivity index (χ1v) is 6.48. The van der Waals surface area contributed by atoms with E-state index in [1.165, 1.54) is 5.56 Å². The molecule has 0 heterocycles. The first-order chi connectivity index (χ1) is 9.11. The van der Waals surface area contributed by atoms with Gasteiger partial charge in [0.1, 0.15) is 6.07 Å². The lowest BCUT2D eigenvalue weighted by molar-refractivity contribution is 0.867. The first kappa shape index (κ1) is 13.2. The van der Waals surface area contributed by atoms with E-state index in [4.69, 9.17) is 5.26 Å². The highest BCUT2D eigenvalue weighted by Crippen LogP contribution is 2.25. The fourth-order valence-electron chi connectivity index (χ4n) is 2.02. The monoisotopic (exact) mass is 250 g/mol. The predicted molar refractivity (Wildman–Crippen MR) is 79.7 cm³/mol. The molecule has 0 saturated carbocycles. The van der Waals surface area contributed by atoms with Crippen LogP contribution < -0.4 is 5.32 Å². The Morgan fingerprint density at radius 3 is 2.32 bits per heavy atom. The van der Waals surface area contributed by atoms with Crippen LogP contribution in [0.1, 0.15) is 36.5 Å². The lowest BCUT2D eigenvalue weighted by atomic mass is 10.0. The summed E-state index contributed by atoms with van der Waals surface area (Å²) in [5.41, 5.74) is 4.97. The second kappa shape index (κ2) is 5.58. The Morgan fingerprint density at radius 1 is 1.05 bits per heavy atom. The lowest BCUT2D eigenvalue weighted by Gasteiger charge is -2.12. The summed E-state index contributed by atoms with van der Waals surface area (Å²) in [5.74, 6) is 0.530. The normalized spacial score (nSPS) is 10.3. The van der Waals surface area contributed by atoms with Gasteiger partial charge in [0.15, 0.2) is 0 Å². The molecule has 96 valence electrons. The van der Waals surface area contributed by atoms with Crippen molar-refractivity contribution in [2.45, 2.75) is 26.7 Å². The van der Waals surface area contributed by atoms with Crippen LogP contribution in [0.4, 0.5) is 11.4 Å². The van der Waals surface area contributed by atoms with E-state index in [1.54, 1.807) is 0 Å². The molecule has 0 aliphatic heterocycles. The third-order valence-electron chi connectivity index (χ3n) is 3.24. The molecule has 0 amide bonds. The second-order valence-corrected chi connectivity index (χ2v) is 5.01. The highest BCUT2D eigenvalue weighted by atomic mass is 14.9. The molecule has 0 bridgehead atoms. The number of aryl methyl sites for hydroxylation is 1. The van der Waals surface area contributed by atoms with E-state index in [0.717, 1.165) is 16.9 Å². The van der Waals surface area contributed by atoms with Gasteiger partial charge < -0.3 is 5.32 Å². The highest BCUT2D eigenvalue weighted by molar-refractivity contribution is 5.69. The van der Waals surface area contributed by atoms with Crippen LogP contribution in [0.3, 0.4) is 0 Å². The van der Waals surface area contributed by atoms with Crippen LogP contribution in [0, 0.1) is 18.3 Å². The van der Waals surface area contributed by atoms with Gasteiger partial charge in [-0.15, -0.1) is 0 Å². The van der Waals surface area contributed by atoms with Crippen molar-refractivity contribution in [1.82, 2.24) is 0 Å². The minimum absolute atomic E-state index is 0.530. The van der Waals surface area contributed by atoms with Crippen molar-refractivity contribution in [2.24, 2.45) is 0 Å². The van der Waals surface area contributed by atoms with Crippen molar-refractivity contribution in [1.29, 1.82) is 5.26 Å². The molecule has 0 fully saturated rings. The fraction of sp³-hybridized carbons (Fsp3) is 0.235. The van der Waals surface area contributed by atoms with E-state index in [-0.39, 0.29) is 0 Å². The lowest BCUT2D eigenvalue weighted by Crippen LogP contribution is -1.97. The Bertz CT molecular complexity index is 604. The Balaban J connectivity index is 2.29. The zero-order valence-corrected chi connectivity index (χ0v) is 11.6. The third kappa shape index (κ3) is 2.95. The van der Waals surface area contributed by atoms with Gasteiger partial charge in [0, 0.05) is 5.69 Å². The van der Waals surface area contributed by atoms with Gasteiger partial charge in [-0.25, -0.2) is 0 Å². The minimum Gasteiger partial charge on any atom is -0.354 e. The molecule has 0 unspecified atom stereocenters. The smallest absolute Gasteiger partial charge is 0.101 e. The van der Waals surface area contributed by atoms with Crippen molar-refractivity contribution in [3.8, 4) is 6.07 Å². The molecule has 0 spiro atoms. The zero-order valence-electron chi connectivity index (χ0n) is 11.6. The van der Waals surface area contributed by atoms with Crippen molar-refractivity contribution < 1.29 is 0 Å². The van der Waals surface area contributed by atoms with Gasteiger partial charge in [-0.05, 0) is 42.2 Å². The van der Waals surface area contributed by atoms with Gasteiger partial charge in [0.25, 0.3) is 0 Å². The van der Waals surface area contributed by atoms with Crippen LogP contribution in [0.15, 0.2) is 42.5 Å². The predicted octanol–water partition coefficient (Wildman–Crippen LogP) is 4.73. The summed E-state index contributed by atoms with van der Waals surface area (Å²) in [4.78, 5) is 0. The minimum atomic E-state index is 0.530. The summed E-state index contributed by atoms with van der Waals surface area (Å²) in [6.07, 6.45) is 0. The maximum absolute atomic E-state index is 9.15. The van der Waals surface area contributed by atoms with Gasteiger partial charge in [-0.1, -0.05) is 38.1 Å². The van der Waals surface area contributed by atoms with Gasteiger partial charge in [-0.3, -0.25) is 0 Å². The fourth-order valence-corrected chi connectivity index (χ4v) is 2.02. The summed E-state index contributed by atoms with van der Waals surface area (Å²) in [6.45, 7) is 6.36. The second-order valence-electron chi connectivity index (χ2n) is 5.01. The van der Waals surface area contributed by atoms with Crippen LogP contribution >= 0.6 is 0 Å². The summed E-state index contributed by atoms with van der Waals surface area (Å²) >= 11 is 0. The molecular formula is C17H18N2. The largest absolute Gasteiger partial charge is 0.354 e. The Hall–Kier alpha value is -2.27. The van der Waals surface area contributed by atoms with Crippen LogP contribution in [0.5, 0.6) is 0 Å². The highest BCUT2D eigenvalue weighted by Gasteiger charge is 2.05. The molecule has 0 atom stereocenters. The molecule has 0 aliphatic rings. The Labute approximate surface area is 114 Å².